The van der Waals surface area contributed by atoms with Gasteiger partial charge in [0, 0.05) is 32.0 Å². The predicted molar refractivity (Wildman–Crippen MR) is 120 cm³/mol. The summed E-state index contributed by atoms with van der Waals surface area (Å²) in [5.74, 6) is -0.0998. The molecule has 0 saturated carbocycles. The Kier molecular flexibility index (Phi) is 7.96. The van der Waals surface area contributed by atoms with Gasteiger partial charge in [0.05, 0.1) is 40.1 Å². The van der Waals surface area contributed by atoms with E-state index in [2.05, 4.69) is 10.00 Å². The number of carbonyl (C=O) groups excluding carboxylic acids is 1. The summed E-state index contributed by atoms with van der Waals surface area (Å²) in [5.41, 5.74) is -0.215. The van der Waals surface area contributed by atoms with Gasteiger partial charge in [-0.25, -0.2) is 0 Å². The van der Waals surface area contributed by atoms with Gasteiger partial charge in [0.25, 0.3) is 0 Å². The second-order valence-corrected chi connectivity index (χ2v) is 9.03. The smallest absolute Gasteiger partial charge is 0.436 e. The van der Waals surface area contributed by atoms with Crippen molar-refractivity contribution in [1.29, 1.82) is 0 Å². The SMILES string of the molecule is COc1cc(N2CCC(C(Cn3nc(C(F)(F)F)c(Cl)c3C)OC(C)=O)CC2)c(Cl)cc1Cl. The molecule has 1 saturated heterocycles. The molecule has 0 amide bonds. The average molecular weight is 529 g/mol. The number of hydrogen-bond donors (Lipinski definition) is 0. The number of methoxy groups -OCH3 is 1. The molecule has 12 heteroatoms. The first kappa shape index (κ1) is 25.8. The highest BCUT2D eigenvalue weighted by molar-refractivity contribution is 6.37. The number of carbonyl (C=O) groups is 1. The van der Waals surface area contributed by atoms with Gasteiger partial charge in [-0.2, -0.15) is 18.3 Å². The summed E-state index contributed by atoms with van der Waals surface area (Å²) in [4.78, 5) is 13.8. The number of rotatable bonds is 6. The number of anilines is 1. The fourth-order valence-electron chi connectivity index (χ4n) is 3.98. The van der Waals surface area contributed by atoms with Gasteiger partial charge >= 0.3 is 12.1 Å². The number of esters is 1. The molecule has 0 bridgehead atoms. The number of benzene rings is 1. The van der Waals surface area contributed by atoms with Gasteiger partial charge in [-0.1, -0.05) is 34.8 Å². The first-order chi connectivity index (χ1) is 15.4. The number of ether oxygens (including phenoxy) is 2. The number of piperidine rings is 1. The van der Waals surface area contributed by atoms with E-state index in [4.69, 9.17) is 44.3 Å². The molecule has 3 rings (SSSR count). The zero-order valence-electron chi connectivity index (χ0n) is 18.2. The minimum absolute atomic E-state index is 0.0264. The zero-order valence-corrected chi connectivity index (χ0v) is 20.4. The highest BCUT2D eigenvalue weighted by atomic mass is 35.5. The van der Waals surface area contributed by atoms with Gasteiger partial charge in [-0.3, -0.25) is 9.48 Å². The van der Waals surface area contributed by atoms with Gasteiger partial charge in [0.1, 0.15) is 11.9 Å². The molecule has 1 aliphatic heterocycles. The third-order valence-electron chi connectivity index (χ3n) is 5.70. The van der Waals surface area contributed by atoms with Crippen molar-refractivity contribution in [2.24, 2.45) is 5.92 Å². The summed E-state index contributed by atoms with van der Waals surface area (Å²) < 4.78 is 51.5. The van der Waals surface area contributed by atoms with Crippen LogP contribution in [0, 0.1) is 12.8 Å². The third kappa shape index (κ3) is 5.81. The molecule has 0 aliphatic carbocycles. The maximum atomic E-state index is 13.2. The largest absolute Gasteiger partial charge is 0.495 e. The first-order valence-corrected chi connectivity index (χ1v) is 11.3. The molecule has 0 spiro atoms. The molecule has 0 N–H and O–H groups in total. The maximum absolute atomic E-state index is 13.2. The van der Waals surface area contributed by atoms with Crippen molar-refractivity contribution >= 4 is 46.5 Å². The Morgan fingerprint density at radius 1 is 1.21 bits per heavy atom. The quantitative estimate of drug-likeness (QED) is 0.429. The minimum atomic E-state index is -4.67. The van der Waals surface area contributed by atoms with Crippen LogP contribution in [-0.2, 0) is 22.3 Å². The van der Waals surface area contributed by atoms with Crippen LogP contribution in [0.25, 0.3) is 0 Å². The van der Waals surface area contributed by atoms with E-state index in [-0.39, 0.29) is 18.2 Å². The molecular formula is C21H23Cl3F3N3O3. The van der Waals surface area contributed by atoms with Crippen LogP contribution >= 0.6 is 34.8 Å². The Morgan fingerprint density at radius 3 is 2.36 bits per heavy atom. The number of aromatic nitrogens is 2. The predicted octanol–water partition coefficient (Wildman–Crippen LogP) is 6.03. The molecule has 33 heavy (non-hydrogen) atoms. The van der Waals surface area contributed by atoms with Crippen LogP contribution in [0.3, 0.4) is 0 Å². The number of alkyl halides is 3. The van der Waals surface area contributed by atoms with E-state index in [9.17, 15) is 18.0 Å². The van der Waals surface area contributed by atoms with E-state index in [0.717, 1.165) is 10.4 Å². The Morgan fingerprint density at radius 2 is 1.85 bits per heavy atom. The summed E-state index contributed by atoms with van der Waals surface area (Å²) in [6.45, 7) is 3.89. The second-order valence-electron chi connectivity index (χ2n) is 7.84. The minimum Gasteiger partial charge on any atom is -0.495 e. The molecule has 1 aromatic carbocycles. The number of halogens is 6. The monoisotopic (exact) mass is 527 g/mol. The molecule has 1 aliphatic rings. The third-order valence-corrected chi connectivity index (χ3v) is 6.75. The van der Waals surface area contributed by atoms with Crippen LogP contribution in [0.4, 0.5) is 18.9 Å². The number of nitrogens with zero attached hydrogens (tertiary/aromatic N) is 3. The van der Waals surface area contributed by atoms with Gasteiger partial charge in [0.2, 0.25) is 0 Å². The molecule has 2 aromatic rings. The van der Waals surface area contributed by atoms with Crippen molar-refractivity contribution in [1.82, 2.24) is 9.78 Å². The fraction of sp³-hybridized carbons (Fsp3) is 0.524. The summed E-state index contributed by atoms with van der Waals surface area (Å²) in [6.07, 6.45) is -4.08. The van der Waals surface area contributed by atoms with E-state index in [1.165, 1.54) is 21.0 Å². The molecule has 182 valence electrons. The normalized spacial score (nSPS) is 16.1. The van der Waals surface area contributed by atoms with Crippen molar-refractivity contribution in [2.45, 2.75) is 45.5 Å². The Balaban J connectivity index is 1.77. The van der Waals surface area contributed by atoms with E-state index in [1.807, 2.05) is 0 Å². The Hall–Kier alpha value is -1.84. The lowest BCUT2D eigenvalue weighted by Crippen LogP contribution is -2.41. The molecule has 1 unspecified atom stereocenters. The van der Waals surface area contributed by atoms with Crippen molar-refractivity contribution in [3.8, 4) is 5.75 Å². The topological polar surface area (TPSA) is 56.6 Å². The van der Waals surface area contributed by atoms with E-state index >= 15 is 0 Å². The van der Waals surface area contributed by atoms with Crippen LogP contribution in [0.15, 0.2) is 12.1 Å². The molecule has 1 fully saturated rings. The van der Waals surface area contributed by atoms with E-state index in [0.29, 0.717) is 41.7 Å². The van der Waals surface area contributed by atoms with Crippen molar-refractivity contribution < 1.29 is 27.4 Å². The lowest BCUT2D eigenvalue weighted by molar-refractivity contribution is -0.151. The van der Waals surface area contributed by atoms with Crippen LogP contribution < -0.4 is 9.64 Å². The highest BCUT2D eigenvalue weighted by Gasteiger charge is 2.39. The van der Waals surface area contributed by atoms with Crippen LogP contribution in [-0.4, -0.2) is 42.1 Å². The summed E-state index contributed by atoms with van der Waals surface area (Å²) in [5, 5.41) is 4.07. The summed E-state index contributed by atoms with van der Waals surface area (Å²) in [6, 6.07) is 3.38. The zero-order chi connectivity index (χ0) is 24.5. The molecule has 0 radical (unpaired) electrons. The Labute approximate surface area is 204 Å². The molecule has 2 heterocycles. The van der Waals surface area contributed by atoms with Gasteiger partial charge < -0.3 is 14.4 Å². The van der Waals surface area contributed by atoms with Gasteiger partial charge in [-0.15, -0.1) is 0 Å². The molecule has 1 aromatic heterocycles. The van der Waals surface area contributed by atoms with E-state index in [1.54, 1.807) is 12.1 Å². The lowest BCUT2D eigenvalue weighted by Gasteiger charge is -2.37. The Bertz CT molecular complexity index is 1020. The van der Waals surface area contributed by atoms with Crippen LogP contribution in [0.5, 0.6) is 5.75 Å². The summed E-state index contributed by atoms with van der Waals surface area (Å²) in [7, 11) is 1.52. The van der Waals surface area contributed by atoms with Gasteiger partial charge in [-0.05, 0) is 25.8 Å². The maximum Gasteiger partial charge on any atom is 0.436 e. The van der Waals surface area contributed by atoms with Gasteiger partial charge in [0.15, 0.2) is 5.69 Å². The molecule has 1 atom stereocenters. The van der Waals surface area contributed by atoms with Crippen molar-refractivity contribution in [3.63, 3.8) is 0 Å². The van der Waals surface area contributed by atoms with Crippen LogP contribution in [0.2, 0.25) is 15.1 Å². The van der Waals surface area contributed by atoms with Crippen molar-refractivity contribution in [2.75, 3.05) is 25.1 Å². The first-order valence-electron chi connectivity index (χ1n) is 10.2. The lowest BCUT2D eigenvalue weighted by atomic mass is 9.90. The van der Waals surface area contributed by atoms with Crippen LogP contribution in [0.1, 0.15) is 31.2 Å². The highest BCUT2D eigenvalue weighted by Crippen LogP contribution is 2.39. The summed E-state index contributed by atoms with van der Waals surface area (Å²) >= 11 is 18.4. The average Bonchev–Trinajstić information content (AvgIpc) is 3.02. The van der Waals surface area contributed by atoms with E-state index < -0.39 is 29.0 Å². The molecule has 6 nitrogen and oxygen atoms in total. The second kappa shape index (κ2) is 10.2. The fourth-order valence-corrected chi connectivity index (χ4v) is 4.80. The standard InChI is InChI=1S/C21H23Cl3F3N3O3/c1-11-19(24)20(21(25,26)27)28-30(11)10-18(33-12(2)31)13-4-6-29(7-5-13)16-9-17(32-3)15(23)8-14(16)22/h8-9,13,18H,4-7,10H2,1-3H3. The van der Waals surface area contributed by atoms with Crippen molar-refractivity contribution in [3.05, 3.63) is 38.6 Å². The number of hydrogen-bond acceptors (Lipinski definition) is 5. The molecular weight excluding hydrogens is 506 g/mol.